The number of amides is 1. The zero-order valence-corrected chi connectivity index (χ0v) is 15.1. The molecule has 2 rings (SSSR count). The van der Waals surface area contributed by atoms with Crippen LogP contribution in [-0.2, 0) is 16.1 Å². The van der Waals surface area contributed by atoms with Crippen molar-refractivity contribution in [2.24, 2.45) is 0 Å². The van der Waals surface area contributed by atoms with Gasteiger partial charge in [-0.1, -0.05) is 30.3 Å². The Labute approximate surface area is 155 Å². The number of ether oxygens (including phenoxy) is 2. The Hall–Kier alpha value is -2.42. The molecule has 1 aromatic carbocycles. The summed E-state index contributed by atoms with van der Waals surface area (Å²) >= 11 is 1.03. The smallest absolute Gasteiger partial charge is 0.407 e. The molecule has 3 N–H and O–H groups in total. The van der Waals surface area contributed by atoms with Crippen LogP contribution >= 0.6 is 11.3 Å². The van der Waals surface area contributed by atoms with Crippen LogP contribution in [0.4, 0.5) is 4.79 Å². The molecule has 7 nitrogen and oxygen atoms in total. The maximum Gasteiger partial charge on any atom is 0.407 e. The first-order chi connectivity index (χ1) is 12.5. The van der Waals surface area contributed by atoms with Crippen molar-refractivity contribution >= 4 is 23.4 Å². The van der Waals surface area contributed by atoms with Gasteiger partial charge in [-0.2, -0.15) is 0 Å². The highest BCUT2D eigenvalue weighted by Crippen LogP contribution is 2.26. The molecule has 0 aliphatic heterocycles. The van der Waals surface area contributed by atoms with Crippen LogP contribution in [0.3, 0.4) is 0 Å². The van der Waals surface area contributed by atoms with Crippen molar-refractivity contribution in [1.82, 2.24) is 5.32 Å². The fourth-order valence-electron chi connectivity index (χ4n) is 2.09. The minimum atomic E-state index is -1.24. The molecule has 0 aliphatic carbocycles. The summed E-state index contributed by atoms with van der Waals surface area (Å²) in [6.07, 6.45) is -3.18. The summed E-state index contributed by atoms with van der Waals surface area (Å²) in [5.74, 6) is -0.479. The second kappa shape index (κ2) is 9.91. The molecule has 0 spiro atoms. The number of hydrogen-bond donors (Lipinski definition) is 3. The van der Waals surface area contributed by atoms with Crippen LogP contribution in [0.5, 0.6) is 0 Å². The molecular weight excluding hydrogens is 358 g/mol. The average molecular weight is 379 g/mol. The Morgan fingerprint density at radius 2 is 1.85 bits per heavy atom. The summed E-state index contributed by atoms with van der Waals surface area (Å²) in [5, 5.41) is 22.6. The van der Waals surface area contributed by atoms with Gasteiger partial charge in [0, 0.05) is 11.4 Å². The van der Waals surface area contributed by atoms with Gasteiger partial charge in [0.15, 0.2) is 0 Å². The van der Waals surface area contributed by atoms with Crippen LogP contribution < -0.4 is 5.32 Å². The van der Waals surface area contributed by atoms with Crippen LogP contribution in [0.2, 0.25) is 0 Å². The van der Waals surface area contributed by atoms with Crippen LogP contribution in [-0.4, -0.2) is 41.5 Å². The Morgan fingerprint density at radius 3 is 2.54 bits per heavy atom. The van der Waals surface area contributed by atoms with Gasteiger partial charge in [0.25, 0.3) is 0 Å². The standard InChI is InChI=1S/C18H21NO6S/c1-2-24-17(22)15-9-8-14(26-15)16(21)13(20)10-19-18(23)25-11-12-6-4-3-5-7-12/h3-9,13,16,20-21H,2,10-11H2,1H3,(H,19,23). The maximum atomic E-state index is 11.7. The largest absolute Gasteiger partial charge is 0.462 e. The number of carbonyl (C=O) groups excluding carboxylic acids is 2. The van der Waals surface area contributed by atoms with Crippen LogP contribution in [0.15, 0.2) is 42.5 Å². The lowest BCUT2D eigenvalue weighted by Gasteiger charge is -2.17. The number of rotatable bonds is 8. The number of aliphatic hydroxyl groups is 2. The number of alkyl carbamates (subject to hydrolysis) is 1. The van der Waals surface area contributed by atoms with Gasteiger partial charge in [-0.05, 0) is 24.6 Å². The fourth-order valence-corrected chi connectivity index (χ4v) is 3.03. The van der Waals surface area contributed by atoms with E-state index in [1.165, 1.54) is 6.07 Å². The van der Waals surface area contributed by atoms with Gasteiger partial charge >= 0.3 is 12.1 Å². The summed E-state index contributed by atoms with van der Waals surface area (Å²) in [6, 6.07) is 12.2. The Bertz CT molecular complexity index is 717. The molecule has 0 radical (unpaired) electrons. The van der Waals surface area contributed by atoms with E-state index in [1.807, 2.05) is 30.3 Å². The molecule has 1 aromatic heterocycles. The highest BCUT2D eigenvalue weighted by Gasteiger charge is 2.22. The van der Waals surface area contributed by atoms with Crippen molar-refractivity contribution in [2.45, 2.75) is 25.7 Å². The van der Waals surface area contributed by atoms with Crippen molar-refractivity contribution in [3.63, 3.8) is 0 Å². The van der Waals surface area contributed by atoms with E-state index < -0.39 is 24.3 Å². The summed E-state index contributed by atoms with van der Waals surface area (Å²) in [6.45, 7) is 1.88. The highest BCUT2D eigenvalue weighted by atomic mass is 32.1. The zero-order valence-electron chi connectivity index (χ0n) is 14.3. The number of benzene rings is 1. The second-order valence-electron chi connectivity index (χ2n) is 5.38. The summed E-state index contributed by atoms with van der Waals surface area (Å²) < 4.78 is 9.90. The van der Waals surface area contributed by atoms with E-state index in [-0.39, 0.29) is 19.8 Å². The molecule has 0 fully saturated rings. The zero-order chi connectivity index (χ0) is 18.9. The van der Waals surface area contributed by atoms with Gasteiger partial charge in [-0.15, -0.1) is 11.3 Å². The Kier molecular flexibility index (Phi) is 7.58. The summed E-state index contributed by atoms with van der Waals surface area (Å²) in [4.78, 5) is 24.0. The van der Waals surface area contributed by atoms with Crippen molar-refractivity contribution < 1.29 is 29.3 Å². The quantitative estimate of drug-likeness (QED) is 0.608. The van der Waals surface area contributed by atoms with E-state index in [1.54, 1.807) is 13.0 Å². The first-order valence-electron chi connectivity index (χ1n) is 8.08. The maximum absolute atomic E-state index is 11.7. The minimum absolute atomic E-state index is 0.110. The molecule has 2 aromatic rings. The SMILES string of the molecule is CCOC(=O)c1ccc(C(O)C(O)CNC(=O)OCc2ccccc2)s1. The van der Waals surface area contributed by atoms with E-state index in [9.17, 15) is 19.8 Å². The summed E-state index contributed by atoms with van der Waals surface area (Å²) in [7, 11) is 0. The molecule has 1 heterocycles. The summed E-state index contributed by atoms with van der Waals surface area (Å²) in [5.41, 5.74) is 0.841. The van der Waals surface area contributed by atoms with E-state index in [2.05, 4.69) is 5.32 Å². The van der Waals surface area contributed by atoms with Gasteiger partial charge in [0.05, 0.1) is 6.61 Å². The van der Waals surface area contributed by atoms with Gasteiger partial charge in [-0.25, -0.2) is 9.59 Å². The first kappa shape index (κ1) is 19.9. The van der Waals surface area contributed by atoms with E-state index >= 15 is 0 Å². The lowest BCUT2D eigenvalue weighted by Crippen LogP contribution is -2.35. The lowest BCUT2D eigenvalue weighted by atomic mass is 10.1. The molecule has 8 heteroatoms. The fraction of sp³-hybridized carbons (Fsp3) is 0.333. The van der Waals surface area contributed by atoms with E-state index in [4.69, 9.17) is 9.47 Å². The van der Waals surface area contributed by atoms with Crippen molar-refractivity contribution in [1.29, 1.82) is 0 Å². The molecule has 26 heavy (non-hydrogen) atoms. The van der Waals surface area contributed by atoms with Gasteiger partial charge in [0.1, 0.15) is 23.7 Å². The highest BCUT2D eigenvalue weighted by molar-refractivity contribution is 7.14. The molecule has 2 unspecified atom stereocenters. The number of esters is 1. The lowest BCUT2D eigenvalue weighted by molar-refractivity contribution is 0.0205. The normalized spacial score (nSPS) is 12.9. The molecular formula is C18H21NO6S. The molecule has 0 aliphatic rings. The molecule has 1 amide bonds. The third-order valence-corrected chi connectivity index (χ3v) is 4.56. The van der Waals surface area contributed by atoms with Crippen molar-refractivity contribution in [3.8, 4) is 0 Å². The number of carbonyl (C=O) groups is 2. The van der Waals surface area contributed by atoms with E-state index in [0.717, 1.165) is 16.9 Å². The molecule has 2 atom stereocenters. The number of nitrogens with one attached hydrogen (secondary N) is 1. The van der Waals surface area contributed by atoms with Crippen LogP contribution in [0.25, 0.3) is 0 Å². The second-order valence-corrected chi connectivity index (χ2v) is 6.49. The number of hydrogen-bond acceptors (Lipinski definition) is 7. The van der Waals surface area contributed by atoms with Crippen molar-refractivity contribution in [2.75, 3.05) is 13.2 Å². The average Bonchev–Trinajstić information content (AvgIpc) is 3.15. The van der Waals surface area contributed by atoms with E-state index in [0.29, 0.717) is 9.75 Å². The predicted molar refractivity (Wildman–Crippen MR) is 95.9 cm³/mol. The van der Waals surface area contributed by atoms with Gasteiger partial charge < -0.3 is 25.0 Å². The van der Waals surface area contributed by atoms with Crippen LogP contribution in [0, 0.1) is 0 Å². The Balaban J connectivity index is 1.78. The third-order valence-electron chi connectivity index (χ3n) is 3.43. The molecule has 0 bridgehead atoms. The molecule has 0 saturated heterocycles. The van der Waals surface area contributed by atoms with Crippen molar-refractivity contribution in [3.05, 3.63) is 57.8 Å². The Morgan fingerprint density at radius 1 is 1.12 bits per heavy atom. The number of thiophene rings is 1. The monoisotopic (exact) mass is 379 g/mol. The molecule has 140 valence electrons. The first-order valence-corrected chi connectivity index (χ1v) is 8.90. The topological polar surface area (TPSA) is 105 Å². The molecule has 0 saturated carbocycles. The third kappa shape index (κ3) is 5.83. The van der Waals surface area contributed by atoms with Gasteiger partial charge in [-0.3, -0.25) is 0 Å². The minimum Gasteiger partial charge on any atom is -0.462 e. The van der Waals surface area contributed by atoms with Crippen LogP contribution in [0.1, 0.15) is 33.1 Å². The predicted octanol–water partition coefficient (Wildman–Crippen LogP) is 2.25. The number of aliphatic hydroxyl groups excluding tert-OH is 2. The van der Waals surface area contributed by atoms with Gasteiger partial charge in [0.2, 0.25) is 0 Å².